The minimum absolute atomic E-state index is 0. The Kier molecular flexibility index (Phi) is 19.2. The Hall–Kier alpha value is -7.35. The number of hydrogen-bond donors (Lipinski definition) is 0. The average Bonchev–Trinajstić information content (AvgIpc) is 4.09. The van der Waals surface area contributed by atoms with Gasteiger partial charge >= 0.3 is 26.3 Å². The summed E-state index contributed by atoms with van der Waals surface area (Å²) in [6.45, 7) is 0. The van der Waals surface area contributed by atoms with Crippen LogP contribution in [0, 0.1) is 19.8 Å². The van der Waals surface area contributed by atoms with Gasteiger partial charge in [-0.2, -0.15) is 33.6 Å². The van der Waals surface area contributed by atoms with Gasteiger partial charge in [0.05, 0.1) is 5.69 Å². The molecule has 8 heterocycles. The molecule has 9 aromatic rings. The van der Waals surface area contributed by atoms with E-state index in [1.807, 2.05) is 116 Å². The average molecular weight is 976 g/mol. The van der Waals surface area contributed by atoms with Crippen molar-refractivity contribution in [3.05, 3.63) is 190 Å². The third-order valence-electron chi connectivity index (χ3n) is 6.99. The molecule has 0 atom stereocenters. The zero-order valence-corrected chi connectivity index (χ0v) is 32.2. The summed E-state index contributed by atoms with van der Waals surface area (Å²) in [6.07, 6.45) is 19.2. The second-order valence-corrected chi connectivity index (χ2v) is 10.7. The molecule has 0 aliphatic rings. The Morgan fingerprint density at radius 3 is 1.32 bits per heavy atom. The summed E-state index contributed by atoms with van der Waals surface area (Å²) in [7, 11) is 0. The zero-order chi connectivity index (χ0) is 38.3. The summed E-state index contributed by atoms with van der Waals surface area (Å²) < 4.78 is 43.4. The molecule has 0 unspecified atom stereocenters. The van der Waals surface area contributed by atoms with E-state index in [-0.39, 0.29) is 48.1 Å². The molecule has 8 aromatic heterocycles. The first-order chi connectivity index (χ1) is 26.9. The van der Waals surface area contributed by atoms with Crippen molar-refractivity contribution in [1.82, 2.24) is 69.3 Å². The molecule has 0 bridgehead atoms. The Balaban J connectivity index is 0.000000272. The smallest absolute Gasteiger partial charge is 0.573 e. The summed E-state index contributed by atoms with van der Waals surface area (Å²) in [4.78, 5) is 16.3. The summed E-state index contributed by atoms with van der Waals surface area (Å²) in [5, 5.41) is 23.0. The Morgan fingerprint density at radius 2 is 1.02 bits per heavy atom. The first-order valence-electron chi connectivity index (χ1n) is 16.1. The molecule has 59 heavy (non-hydrogen) atoms. The Morgan fingerprint density at radius 1 is 0.576 bits per heavy atom. The van der Waals surface area contributed by atoms with Gasteiger partial charge in [-0.25, -0.2) is 38.7 Å². The number of benzene rings is 1. The minimum atomic E-state index is -4.47. The van der Waals surface area contributed by atoms with E-state index in [0.717, 1.165) is 34.9 Å². The maximum Gasteiger partial charge on any atom is 3.00 e. The van der Waals surface area contributed by atoms with Gasteiger partial charge in [0.1, 0.15) is 12.0 Å². The molecule has 0 radical (unpaired) electrons. The molecule has 14 nitrogen and oxygen atoms in total. The van der Waals surface area contributed by atoms with Gasteiger partial charge in [0, 0.05) is 55.8 Å². The summed E-state index contributed by atoms with van der Waals surface area (Å²) in [6, 6.07) is 30.6. The van der Waals surface area contributed by atoms with Gasteiger partial charge in [-0.3, -0.25) is 5.92 Å². The van der Waals surface area contributed by atoms with E-state index < -0.39 is 11.9 Å². The van der Waals surface area contributed by atoms with Crippen molar-refractivity contribution >= 4 is 0 Å². The van der Waals surface area contributed by atoms with E-state index in [9.17, 15) is 13.2 Å². The molecule has 9 rings (SSSR count). The van der Waals surface area contributed by atoms with Gasteiger partial charge < -0.3 is 24.0 Å². The van der Waals surface area contributed by atoms with Crippen LogP contribution in [-0.4, -0.2) is 64.2 Å². The van der Waals surface area contributed by atoms with Crippen LogP contribution in [0.3, 0.4) is 0 Å². The number of halogens is 3. The predicted molar refractivity (Wildman–Crippen MR) is 213 cm³/mol. The van der Waals surface area contributed by atoms with E-state index >= 15 is 0 Å². The minimum Gasteiger partial charge on any atom is -0.573 e. The van der Waals surface area contributed by atoms with Gasteiger partial charge in [0.15, 0.2) is 23.3 Å². The number of aromatic nitrogens is 14. The third-order valence-corrected chi connectivity index (χ3v) is 6.99. The molecule has 302 valence electrons. The van der Waals surface area contributed by atoms with Crippen molar-refractivity contribution in [1.29, 1.82) is 0 Å². The third kappa shape index (κ3) is 13.7. The second-order valence-electron chi connectivity index (χ2n) is 10.7. The Bertz CT molecular complexity index is 2270. The van der Waals surface area contributed by atoms with Crippen molar-refractivity contribution in [2.45, 2.75) is 21.0 Å². The van der Waals surface area contributed by atoms with Crippen molar-refractivity contribution in [2.24, 2.45) is 0 Å². The number of alkyl halides is 3. The standard InChI is InChI=1S/2C11H9N5.C8H4F3N4.C8H5.2CH4.CH3.Ir/c2*1-4-10(15-8-2-6-12-15)14-11(5-1)16-9-3-7-13-16;9-8(10,11)7-3-6(14-15-7)5-1-2-12-4-13-5;1-2-8-6-4-3-5-7-8;;;;/h2*1-9H;1-4H;3-7H;2*1H4;1H3;/q;;2*-1;;;-1;+3. The molecule has 18 heteroatoms. The van der Waals surface area contributed by atoms with Crippen LogP contribution in [0.1, 0.15) is 26.1 Å². The molecule has 0 saturated carbocycles. The normalized spacial score (nSPS) is 9.73. The molecule has 0 fully saturated rings. The van der Waals surface area contributed by atoms with Gasteiger partial charge in [0.2, 0.25) is 0 Å². The number of hydrogen-bond acceptors (Lipinski definition) is 9. The second kappa shape index (κ2) is 23.7. The molecule has 0 N–H and O–H groups in total. The summed E-state index contributed by atoms with van der Waals surface area (Å²) in [5.74, 6) is 5.38. The van der Waals surface area contributed by atoms with Gasteiger partial charge in [-0.1, -0.05) is 50.9 Å². The molecule has 0 aliphatic heterocycles. The molecule has 0 aliphatic carbocycles. The first kappa shape index (κ1) is 47.8. The van der Waals surface area contributed by atoms with E-state index in [1.54, 1.807) is 43.5 Å². The fourth-order valence-corrected chi connectivity index (χ4v) is 4.47. The number of pyridine rings is 2. The summed E-state index contributed by atoms with van der Waals surface area (Å²) >= 11 is 0. The maximum atomic E-state index is 12.2. The van der Waals surface area contributed by atoms with Crippen LogP contribution in [0.15, 0.2) is 165 Å². The molecular weight excluding hydrogens is 938 g/mol. The first-order valence-corrected chi connectivity index (χ1v) is 16.1. The van der Waals surface area contributed by atoms with Crippen LogP contribution >= 0.6 is 0 Å². The van der Waals surface area contributed by atoms with Crippen LogP contribution < -0.4 is 5.10 Å². The van der Waals surface area contributed by atoms with E-state index in [0.29, 0.717) is 5.69 Å². The fraction of sp³-hybridized carbons (Fsp3) is 0.0732. The topological polar surface area (TPSA) is 150 Å². The van der Waals surface area contributed by atoms with Gasteiger partial charge in [0.25, 0.3) is 0 Å². The van der Waals surface area contributed by atoms with Crippen molar-refractivity contribution in [3.63, 3.8) is 0 Å². The monoisotopic (exact) mass is 976 g/mol. The van der Waals surface area contributed by atoms with Gasteiger partial charge in [-0.15, -0.1) is 17.7 Å². The fourth-order valence-electron chi connectivity index (χ4n) is 4.47. The number of rotatable bonds is 5. The van der Waals surface area contributed by atoms with Crippen LogP contribution in [0.2, 0.25) is 0 Å². The number of nitrogens with zero attached hydrogens (tertiary/aromatic N) is 14. The SMILES string of the molecule is C.C.FC(F)(F)c1cc(-c2ccncn2)[n-]n1.[C-]#Cc1ccccc1.[CH3-].[Ir+3].c1cc(-n2cccn2)nc(-n2cccn2)c1.c1cc(-n2cccn2)nc(-n2cccn2)c1. The predicted octanol–water partition coefficient (Wildman–Crippen LogP) is 7.77. The van der Waals surface area contributed by atoms with Crippen molar-refractivity contribution in [3.8, 4) is 40.6 Å². The van der Waals surface area contributed by atoms with Crippen molar-refractivity contribution < 1.29 is 33.3 Å². The van der Waals surface area contributed by atoms with Crippen molar-refractivity contribution in [2.75, 3.05) is 0 Å². The van der Waals surface area contributed by atoms with Crippen LogP contribution in [0.4, 0.5) is 13.2 Å². The summed E-state index contributed by atoms with van der Waals surface area (Å²) in [5.41, 5.74) is 0.210. The molecule has 0 spiro atoms. The zero-order valence-electron chi connectivity index (χ0n) is 29.8. The molecular formula is C41H38F3IrN14. The van der Waals surface area contributed by atoms with E-state index in [2.05, 4.69) is 56.4 Å². The molecule has 1 aromatic carbocycles. The van der Waals surface area contributed by atoms with Crippen LogP contribution in [0.25, 0.3) is 34.7 Å². The Labute approximate surface area is 353 Å². The van der Waals surface area contributed by atoms with Gasteiger partial charge in [-0.05, 0) is 60.7 Å². The van der Waals surface area contributed by atoms with E-state index in [1.165, 1.54) is 18.6 Å². The largest absolute Gasteiger partial charge is 3.00 e. The van der Waals surface area contributed by atoms with Crippen LogP contribution in [0.5, 0.6) is 0 Å². The van der Waals surface area contributed by atoms with Crippen LogP contribution in [-0.2, 0) is 26.3 Å². The molecule has 0 saturated heterocycles. The maximum absolute atomic E-state index is 12.2. The molecule has 0 amide bonds. The quantitative estimate of drug-likeness (QED) is 0.124. The van der Waals surface area contributed by atoms with E-state index in [4.69, 9.17) is 6.42 Å².